The number of aryl methyl sites for hydroxylation is 1. The van der Waals surface area contributed by atoms with Crippen LogP contribution >= 0.6 is 0 Å². The van der Waals surface area contributed by atoms with Gasteiger partial charge in [-0.3, -0.25) is 4.79 Å². The van der Waals surface area contributed by atoms with Gasteiger partial charge in [-0.25, -0.2) is 4.98 Å². The van der Waals surface area contributed by atoms with Gasteiger partial charge in [0, 0.05) is 13.5 Å². The molecule has 0 spiro atoms. The first-order valence-electron chi connectivity index (χ1n) is 7.90. The van der Waals surface area contributed by atoms with Crippen LogP contribution < -0.4 is 10.1 Å². The Morgan fingerprint density at radius 1 is 1.21 bits per heavy atom. The minimum Gasteiger partial charge on any atom is -0.497 e. The van der Waals surface area contributed by atoms with Crippen LogP contribution in [0.3, 0.4) is 0 Å². The molecule has 3 rings (SSSR count). The van der Waals surface area contributed by atoms with E-state index in [1.807, 2.05) is 49.4 Å². The number of aromatic nitrogens is 1. The van der Waals surface area contributed by atoms with E-state index < -0.39 is 0 Å². The lowest BCUT2D eigenvalue weighted by Crippen LogP contribution is -2.27. The molecule has 5 nitrogen and oxygen atoms in total. The Hall–Kier alpha value is -2.82. The summed E-state index contributed by atoms with van der Waals surface area (Å²) >= 11 is 0. The first kappa shape index (κ1) is 16.1. The third-order valence-electron chi connectivity index (χ3n) is 3.79. The van der Waals surface area contributed by atoms with Crippen LogP contribution in [0.2, 0.25) is 0 Å². The van der Waals surface area contributed by atoms with Crippen LogP contribution in [0.25, 0.3) is 11.1 Å². The molecule has 1 aromatic heterocycles. The molecule has 0 atom stereocenters. The van der Waals surface area contributed by atoms with E-state index in [0.29, 0.717) is 18.9 Å². The van der Waals surface area contributed by atoms with Gasteiger partial charge >= 0.3 is 0 Å². The summed E-state index contributed by atoms with van der Waals surface area (Å²) in [4.78, 5) is 16.3. The fraction of sp³-hybridized carbons (Fsp3) is 0.263. The second-order valence-corrected chi connectivity index (χ2v) is 5.66. The van der Waals surface area contributed by atoms with Crippen molar-refractivity contribution in [2.75, 3.05) is 13.7 Å². The minimum atomic E-state index is -0.000147. The minimum absolute atomic E-state index is 0.000147. The molecule has 0 unspecified atom stereocenters. The van der Waals surface area contributed by atoms with Crippen molar-refractivity contribution in [1.29, 1.82) is 0 Å². The number of carbonyl (C=O) groups is 1. The second kappa shape index (κ2) is 7.17. The predicted octanol–water partition coefficient (Wildman–Crippen LogP) is 3.05. The van der Waals surface area contributed by atoms with Crippen LogP contribution in [0.4, 0.5) is 0 Å². The number of nitrogens with zero attached hydrogens (tertiary/aromatic N) is 1. The number of carbonyl (C=O) groups excluding carboxylic acids is 1. The summed E-state index contributed by atoms with van der Waals surface area (Å²) in [6, 6.07) is 13.5. The van der Waals surface area contributed by atoms with Crippen LogP contribution in [0.5, 0.6) is 5.75 Å². The van der Waals surface area contributed by atoms with Crippen molar-refractivity contribution < 1.29 is 13.9 Å². The van der Waals surface area contributed by atoms with Gasteiger partial charge in [0.25, 0.3) is 0 Å². The van der Waals surface area contributed by atoms with E-state index in [9.17, 15) is 4.79 Å². The van der Waals surface area contributed by atoms with Gasteiger partial charge in [0.1, 0.15) is 11.3 Å². The maximum atomic E-state index is 12.0. The van der Waals surface area contributed by atoms with Crippen molar-refractivity contribution in [3.63, 3.8) is 0 Å². The summed E-state index contributed by atoms with van der Waals surface area (Å²) in [7, 11) is 1.62. The number of hydrogen-bond donors (Lipinski definition) is 1. The highest BCUT2D eigenvalue weighted by atomic mass is 16.5. The maximum Gasteiger partial charge on any atom is 0.224 e. The summed E-state index contributed by atoms with van der Waals surface area (Å²) in [5.41, 5.74) is 3.69. The fourth-order valence-electron chi connectivity index (χ4n) is 2.62. The van der Waals surface area contributed by atoms with Crippen LogP contribution in [0.15, 0.2) is 46.9 Å². The molecule has 5 heteroatoms. The number of amides is 1. The highest BCUT2D eigenvalue weighted by Crippen LogP contribution is 2.17. The van der Waals surface area contributed by atoms with Gasteiger partial charge in [0.15, 0.2) is 11.5 Å². The van der Waals surface area contributed by atoms with Gasteiger partial charge < -0.3 is 14.5 Å². The molecule has 124 valence electrons. The smallest absolute Gasteiger partial charge is 0.224 e. The topological polar surface area (TPSA) is 64.4 Å². The highest BCUT2D eigenvalue weighted by molar-refractivity contribution is 5.78. The number of benzene rings is 2. The molecule has 1 amide bonds. The molecule has 0 bridgehead atoms. The number of methoxy groups -OCH3 is 1. The van der Waals surface area contributed by atoms with Crippen LogP contribution in [-0.4, -0.2) is 24.5 Å². The molecular weight excluding hydrogens is 304 g/mol. The summed E-state index contributed by atoms with van der Waals surface area (Å²) in [6.07, 6.45) is 1.09. The first-order valence-corrected chi connectivity index (χ1v) is 7.90. The fourth-order valence-corrected chi connectivity index (χ4v) is 2.62. The van der Waals surface area contributed by atoms with Gasteiger partial charge in [-0.15, -0.1) is 0 Å². The third-order valence-corrected chi connectivity index (χ3v) is 3.79. The summed E-state index contributed by atoms with van der Waals surface area (Å²) in [5, 5.41) is 2.94. The normalized spacial score (nSPS) is 10.8. The largest absolute Gasteiger partial charge is 0.497 e. The number of hydrogen-bond acceptors (Lipinski definition) is 4. The van der Waals surface area contributed by atoms with Crippen LogP contribution in [0, 0.1) is 6.92 Å². The SMILES string of the molecule is COc1cccc(CC(=O)NCCc2ccc3nc(C)oc3c2)c1. The molecule has 2 aromatic carbocycles. The number of fused-ring (bicyclic) bond motifs is 1. The standard InChI is InChI=1S/C19H20N2O3/c1-13-21-17-7-6-14(11-18(17)24-13)8-9-20-19(22)12-15-4-3-5-16(10-15)23-2/h3-7,10-11H,8-9,12H2,1-2H3,(H,20,22). The lowest BCUT2D eigenvalue weighted by atomic mass is 10.1. The van der Waals surface area contributed by atoms with Crippen molar-refractivity contribution in [2.45, 2.75) is 19.8 Å². The molecule has 0 aliphatic heterocycles. The zero-order valence-corrected chi connectivity index (χ0v) is 13.8. The van der Waals surface area contributed by atoms with E-state index in [0.717, 1.165) is 34.4 Å². The molecule has 1 N–H and O–H groups in total. The third kappa shape index (κ3) is 3.93. The number of oxazole rings is 1. The van der Waals surface area contributed by atoms with E-state index in [1.165, 1.54) is 0 Å². The molecular formula is C19H20N2O3. The molecule has 0 fully saturated rings. The van der Waals surface area contributed by atoms with Gasteiger partial charge in [-0.05, 0) is 41.8 Å². The lowest BCUT2D eigenvalue weighted by molar-refractivity contribution is -0.120. The van der Waals surface area contributed by atoms with Crippen molar-refractivity contribution in [3.8, 4) is 5.75 Å². The van der Waals surface area contributed by atoms with E-state index in [2.05, 4.69) is 10.3 Å². The monoisotopic (exact) mass is 324 g/mol. The average Bonchev–Trinajstić information content (AvgIpc) is 2.94. The van der Waals surface area contributed by atoms with E-state index in [4.69, 9.17) is 9.15 Å². The Morgan fingerprint density at radius 3 is 2.92 bits per heavy atom. The summed E-state index contributed by atoms with van der Waals surface area (Å²) < 4.78 is 10.7. The Morgan fingerprint density at radius 2 is 2.08 bits per heavy atom. The molecule has 0 radical (unpaired) electrons. The summed E-state index contributed by atoms with van der Waals surface area (Å²) in [6.45, 7) is 2.42. The molecule has 1 heterocycles. The zero-order valence-electron chi connectivity index (χ0n) is 13.8. The quantitative estimate of drug-likeness (QED) is 0.757. The van der Waals surface area contributed by atoms with Crippen molar-refractivity contribution in [1.82, 2.24) is 10.3 Å². The Kier molecular flexibility index (Phi) is 4.79. The number of rotatable bonds is 6. The van der Waals surface area contributed by atoms with Crippen molar-refractivity contribution in [3.05, 3.63) is 59.5 Å². The molecule has 3 aromatic rings. The summed E-state index contributed by atoms with van der Waals surface area (Å²) in [5.74, 6) is 1.42. The Balaban J connectivity index is 1.52. The molecule has 0 saturated heterocycles. The van der Waals surface area contributed by atoms with Gasteiger partial charge in [0.2, 0.25) is 5.91 Å². The van der Waals surface area contributed by atoms with Crippen LogP contribution in [0.1, 0.15) is 17.0 Å². The maximum absolute atomic E-state index is 12.0. The van der Waals surface area contributed by atoms with Crippen molar-refractivity contribution >= 4 is 17.0 Å². The zero-order chi connectivity index (χ0) is 16.9. The molecule has 0 aliphatic rings. The van der Waals surface area contributed by atoms with E-state index in [1.54, 1.807) is 7.11 Å². The predicted molar refractivity (Wildman–Crippen MR) is 92.2 cm³/mol. The van der Waals surface area contributed by atoms with Gasteiger partial charge in [0.05, 0.1) is 13.5 Å². The van der Waals surface area contributed by atoms with Gasteiger partial charge in [-0.1, -0.05) is 18.2 Å². The van der Waals surface area contributed by atoms with Crippen LogP contribution in [-0.2, 0) is 17.6 Å². The molecule has 0 aliphatic carbocycles. The Labute approximate surface area is 140 Å². The lowest BCUT2D eigenvalue weighted by Gasteiger charge is -2.07. The first-order chi connectivity index (χ1) is 11.6. The average molecular weight is 324 g/mol. The highest BCUT2D eigenvalue weighted by Gasteiger charge is 2.06. The van der Waals surface area contributed by atoms with E-state index >= 15 is 0 Å². The van der Waals surface area contributed by atoms with Gasteiger partial charge in [-0.2, -0.15) is 0 Å². The second-order valence-electron chi connectivity index (χ2n) is 5.66. The molecule has 24 heavy (non-hydrogen) atoms. The van der Waals surface area contributed by atoms with E-state index in [-0.39, 0.29) is 5.91 Å². The molecule has 0 saturated carbocycles. The number of nitrogens with one attached hydrogen (secondary N) is 1. The number of ether oxygens (including phenoxy) is 1. The Bertz CT molecular complexity index is 855. The van der Waals surface area contributed by atoms with Crippen molar-refractivity contribution in [2.24, 2.45) is 0 Å².